The van der Waals surface area contributed by atoms with Crippen LogP contribution in [0.4, 0.5) is 0 Å². The molecule has 1 N–H and O–H groups in total. The van der Waals surface area contributed by atoms with E-state index in [-0.39, 0.29) is 11.9 Å². The Balaban J connectivity index is 1.38. The molecule has 2 heterocycles. The average Bonchev–Trinajstić information content (AvgIpc) is 2.82. The topological polar surface area (TPSA) is 60.0 Å². The molecule has 2 aliphatic rings. The minimum absolute atomic E-state index is 0.123. The van der Waals surface area contributed by atoms with Gasteiger partial charge in [0, 0.05) is 31.6 Å². The summed E-state index contributed by atoms with van der Waals surface area (Å²) in [6.45, 7) is 2.05. The molecular formula is C25H32N2O4. The smallest absolute Gasteiger partial charge is 0.220 e. The van der Waals surface area contributed by atoms with E-state index in [9.17, 15) is 4.79 Å². The summed E-state index contributed by atoms with van der Waals surface area (Å²) in [5.74, 6) is 2.52. The fourth-order valence-corrected chi connectivity index (χ4v) is 4.81. The number of rotatable bonds is 7. The minimum atomic E-state index is 0.123. The van der Waals surface area contributed by atoms with Crippen LogP contribution in [0.1, 0.15) is 42.0 Å². The molecule has 4 rings (SSSR count). The standard InChI is InChI=1S/C25H32N2O4/c1-29-20-7-4-17(5-8-20)6-9-25(28)26-19-11-13-27-12-10-18-14-23(30-2)24(31-3)16-21(18)22(27)15-19/h4-5,7-8,14,16,19,22H,6,9-13,15H2,1-3H3,(H,26,28). The van der Waals surface area contributed by atoms with Gasteiger partial charge >= 0.3 is 0 Å². The van der Waals surface area contributed by atoms with Gasteiger partial charge in [0.2, 0.25) is 5.91 Å². The van der Waals surface area contributed by atoms with Gasteiger partial charge in [0.1, 0.15) is 5.75 Å². The van der Waals surface area contributed by atoms with Crippen molar-refractivity contribution in [2.75, 3.05) is 34.4 Å². The van der Waals surface area contributed by atoms with Crippen molar-refractivity contribution in [3.63, 3.8) is 0 Å². The molecule has 0 saturated carbocycles. The Labute approximate surface area is 184 Å². The molecule has 166 valence electrons. The van der Waals surface area contributed by atoms with Gasteiger partial charge in [-0.1, -0.05) is 12.1 Å². The number of piperidine rings is 1. The zero-order valence-corrected chi connectivity index (χ0v) is 18.6. The lowest BCUT2D eigenvalue weighted by Gasteiger charge is -2.43. The molecule has 1 amide bonds. The van der Waals surface area contributed by atoms with Gasteiger partial charge in [-0.05, 0) is 66.6 Å². The molecule has 1 saturated heterocycles. The lowest BCUT2D eigenvalue weighted by atomic mass is 9.84. The van der Waals surface area contributed by atoms with Crippen LogP contribution < -0.4 is 19.5 Å². The van der Waals surface area contributed by atoms with Crippen molar-refractivity contribution < 1.29 is 19.0 Å². The number of amides is 1. The number of ether oxygens (including phenoxy) is 3. The van der Waals surface area contributed by atoms with Crippen molar-refractivity contribution in [2.45, 2.75) is 44.2 Å². The van der Waals surface area contributed by atoms with E-state index in [2.05, 4.69) is 22.3 Å². The number of carbonyl (C=O) groups is 1. The van der Waals surface area contributed by atoms with Gasteiger partial charge < -0.3 is 19.5 Å². The molecule has 0 spiro atoms. The molecule has 2 aromatic rings. The normalized spacial score (nSPS) is 20.4. The number of methoxy groups -OCH3 is 3. The predicted molar refractivity (Wildman–Crippen MR) is 120 cm³/mol. The molecule has 2 unspecified atom stereocenters. The van der Waals surface area contributed by atoms with Gasteiger partial charge in [0.25, 0.3) is 0 Å². The highest BCUT2D eigenvalue weighted by Crippen LogP contribution is 2.41. The number of hydrogen-bond donors (Lipinski definition) is 1. The summed E-state index contributed by atoms with van der Waals surface area (Å²) < 4.78 is 16.2. The predicted octanol–water partition coefficient (Wildman–Crippen LogP) is 3.52. The highest BCUT2D eigenvalue weighted by atomic mass is 16.5. The number of hydrogen-bond acceptors (Lipinski definition) is 5. The third kappa shape index (κ3) is 4.79. The van der Waals surface area contributed by atoms with Gasteiger partial charge in [0.15, 0.2) is 11.5 Å². The van der Waals surface area contributed by atoms with Crippen LogP contribution >= 0.6 is 0 Å². The SMILES string of the molecule is COc1ccc(CCC(=O)NC2CCN3CCc4cc(OC)c(OC)cc4C3C2)cc1. The molecule has 1 fully saturated rings. The number of nitrogens with zero attached hydrogens (tertiary/aromatic N) is 1. The zero-order chi connectivity index (χ0) is 21.8. The summed E-state index contributed by atoms with van der Waals surface area (Å²) in [6, 6.07) is 12.7. The van der Waals surface area contributed by atoms with Crippen LogP contribution in [0.2, 0.25) is 0 Å². The van der Waals surface area contributed by atoms with Gasteiger partial charge in [-0.25, -0.2) is 0 Å². The maximum absolute atomic E-state index is 12.6. The largest absolute Gasteiger partial charge is 0.497 e. The molecular weight excluding hydrogens is 392 g/mol. The number of aryl methyl sites for hydroxylation is 1. The molecule has 0 radical (unpaired) electrons. The van der Waals surface area contributed by atoms with E-state index in [1.165, 1.54) is 11.1 Å². The molecule has 0 aliphatic carbocycles. The van der Waals surface area contributed by atoms with E-state index in [0.29, 0.717) is 12.5 Å². The monoisotopic (exact) mass is 424 g/mol. The Morgan fingerprint density at radius 3 is 2.48 bits per heavy atom. The maximum atomic E-state index is 12.6. The fourth-order valence-electron chi connectivity index (χ4n) is 4.81. The van der Waals surface area contributed by atoms with Crippen molar-refractivity contribution in [2.24, 2.45) is 0 Å². The van der Waals surface area contributed by atoms with Crippen molar-refractivity contribution in [1.29, 1.82) is 0 Å². The second-order valence-corrected chi connectivity index (χ2v) is 8.34. The first-order valence-electron chi connectivity index (χ1n) is 11.0. The second kappa shape index (κ2) is 9.60. The number of fused-ring (bicyclic) bond motifs is 3. The van der Waals surface area contributed by atoms with E-state index in [4.69, 9.17) is 14.2 Å². The molecule has 6 heteroatoms. The first kappa shape index (κ1) is 21.5. The van der Waals surface area contributed by atoms with Crippen molar-refractivity contribution in [3.05, 3.63) is 53.1 Å². The fraction of sp³-hybridized carbons (Fsp3) is 0.480. The Bertz CT molecular complexity index is 912. The van der Waals surface area contributed by atoms with E-state index < -0.39 is 0 Å². The average molecular weight is 425 g/mol. The molecule has 2 atom stereocenters. The minimum Gasteiger partial charge on any atom is -0.497 e. The number of nitrogens with one attached hydrogen (secondary N) is 1. The highest BCUT2D eigenvalue weighted by Gasteiger charge is 2.34. The van der Waals surface area contributed by atoms with E-state index in [1.54, 1.807) is 21.3 Å². The quantitative estimate of drug-likeness (QED) is 0.737. The number of carbonyl (C=O) groups excluding carboxylic acids is 1. The highest BCUT2D eigenvalue weighted by molar-refractivity contribution is 5.76. The van der Waals surface area contributed by atoms with E-state index >= 15 is 0 Å². The summed E-state index contributed by atoms with van der Waals surface area (Å²) in [6.07, 6.45) is 4.17. The van der Waals surface area contributed by atoms with Crippen LogP contribution in [0.25, 0.3) is 0 Å². The lowest BCUT2D eigenvalue weighted by Crippen LogP contribution is -2.48. The van der Waals surface area contributed by atoms with Crippen LogP contribution in [-0.2, 0) is 17.6 Å². The van der Waals surface area contributed by atoms with Crippen molar-refractivity contribution in [3.8, 4) is 17.2 Å². The summed E-state index contributed by atoms with van der Waals surface area (Å²) >= 11 is 0. The second-order valence-electron chi connectivity index (χ2n) is 8.34. The van der Waals surface area contributed by atoms with Crippen molar-refractivity contribution in [1.82, 2.24) is 10.2 Å². The van der Waals surface area contributed by atoms with Crippen LogP contribution in [-0.4, -0.2) is 51.3 Å². The van der Waals surface area contributed by atoms with Gasteiger partial charge in [-0.2, -0.15) is 0 Å². The molecule has 0 aromatic heterocycles. The summed E-state index contributed by atoms with van der Waals surface area (Å²) in [5.41, 5.74) is 3.78. The zero-order valence-electron chi connectivity index (χ0n) is 18.6. The Morgan fingerprint density at radius 1 is 1.03 bits per heavy atom. The van der Waals surface area contributed by atoms with Crippen molar-refractivity contribution >= 4 is 5.91 Å². The Morgan fingerprint density at radius 2 is 1.77 bits per heavy atom. The summed E-state index contributed by atoms with van der Waals surface area (Å²) in [7, 11) is 5.01. The molecule has 0 bridgehead atoms. The lowest BCUT2D eigenvalue weighted by molar-refractivity contribution is -0.122. The maximum Gasteiger partial charge on any atom is 0.220 e. The first-order chi connectivity index (χ1) is 15.1. The van der Waals surface area contributed by atoms with Crippen LogP contribution in [0.3, 0.4) is 0 Å². The molecule has 2 aromatic carbocycles. The van der Waals surface area contributed by atoms with Crippen LogP contribution in [0.5, 0.6) is 17.2 Å². The third-order valence-electron chi connectivity index (χ3n) is 6.55. The summed E-state index contributed by atoms with van der Waals surface area (Å²) in [5, 5.41) is 3.28. The van der Waals surface area contributed by atoms with Gasteiger partial charge in [0.05, 0.1) is 21.3 Å². The summed E-state index contributed by atoms with van der Waals surface area (Å²) in [4.78, 5) is 15.1. The molecule has 6 nitrogen and oxygen atoms in total. The van der Waals surface area contributed by atoms with Gasteiger partial charge in [-0.3, -0.25) is 9.69 Å². The number of benzene rings is 2. The van der Waals surface area contributed by atoms with Crippen LogP contribution in [0.15, 0.2) is 36.4 Å². The van der Waals surface area contributed by atoms with E-state index in [1.807, 2.05) is 24.3 Å². The Kier molecular flexibility index (Phi) is 6.66. The Hall–Kier alpha value is -2.73. The first-order valence-corrected chi connectivity index (χ1v) is 11.0. The van der Waals surface area contributed by atoms with Gasteiger partial charge in [-0.15, -0.1) is 0 Å². The van der Waals surface area contributed by atoms with E-state index in [0.717, 1.165) is 61.6 Å². The molecule has 2 aliphatic heterocycles. The van der Waals surface area contributed by atoms with Crippen LogP contribution in [0, 0.1) is 0 Å². The third-order valence-corrected chi connectivity index (χ3v) is 6.55. The molecule has 31 heavy (non-hydrogen) atoms.